The van der Waals surface area contributed by atoms with Crippen LogP contribution in [0, 0.1) is 20.8 Å². The Hall–Kier alpha value is -1.57. The van der Waals surface area contributed by atoms with Crippen molar-refractivity contribution in [3.63, 3.8) is 0 Å². The summed E-state index contributed by atoms with van der Waals surface area (Å²) in [5, 5.41) is 0. The molecule has 116 valence electrons. The predicted octanol–water partition coefficient (Wildman–Crippen LogP) is 3.25. The van der Waals surface area contributed by atoms with Crippen molar-refractivity contribution in [2.24, 2.45) is 0 Å². The summed E-state index contributed by atoms with van der Waals surface area (Å²) in [7, 11) is 0. The summed E-state index contributed by atoms with van der Waals surface area (Å²) in [6, 6.07) is 14.5. The van der Waals surface area contributed by atoms with Crippen LogP contribution in [0.5, 0.6) is 0 Å². The Balaban J connectivity index is 2.43. The molecule has 0 saturated carbocycles. The van der Waals surface area contributed by atoms with Crippen molar-refractivity contribution in [3.8, 4) is 0 Å². The maximum absolute atomic E-state index is 12.5. The molecule has 22 heavy (non-hydrogen) atoms. The van der Waals surface area contributed by atoms with Gasteiger partial charge in [0.15, 0.2) is 0 Å². The van der Waals surface area contributed by atoms with Gasteiger partial charge in [0.05, 0.1) is 0 Å². The molecule has 1 atom stereocenters. The average molecular weight is 361 g/mol. The fourth-order valence-corrected chi connectivity index (χ4v) is 5.29. The molecule has 0 amide bonds. The molecule has 2 nitrogen and oxygen atoms in total. The van der Waals surface area contributed by atoms with Crippen LogP contribution in [0.15, 0.2) is 42.5 Å². The van der Waals surface area contributed by atoms with E-state index in [1.165, 1.54) is 21.2 Å². The van der Waals surface area contributed by atoms with Crippen molar-refractivity contribution in [1.29, 1.82) is 0 Å². The van der Waals surface area contributed by atoms with Crippen LogP contribution in [-0.4, -0.2) is 27.5 Å². The molecule has 0 saturated heterocycles. The Labute approximate surface area is 139 Å². The summed E-state index contributed by atoms with van der Waals surface area (Å²) in [5.41, 5.74) is 4.71. The number of carbonyl (C=O) groups is 1. The number of rotatable bonds is 5. The van der Waals surface area contributed by atoms with Crippen LogP contribution in [-0.2, 0) is 9.53 Å². The first kappa shape index (κ1) is 16.8. The molecule has 0 aromatic heterocycles. The van der Waals surface area contributed by atoms with Gasteiger partial charge < -0.3 is 0 Å². The number of carbonyl (C=O) groups excluding carboxylic acids is 1. The quantitative estimate of drug-likeness (QED) is 0.604. The summed E-state index contributed by atoms with van der Waals surface area (Å²) in [6.07, 6.45) is 0. The maximum atomic E-state index is 12.5. The van der Waals surface area contributed by atoms with E-state index in [1.54, 1.807) is 0 Å². The topological polar surface area (TPSA) is 26.3 Å². The molecular formula is C19H22O2Se. The zero-order valence-electron chi connectivity index (χ0n) is 13.6. The molecule has 2 rings (SSSR count). The van der Waals surface area contributed by atoms with Gasteiger partial charge in [0.25, 0.3) is 0 Å². The third-order valence-electron chi connectivity index (χ3n) is 3.50. The van der Waals surface area contributed by atoms with E-state index < -0.39 is 0 Å². The summed E-state index contributed by atoms with van der Waals surface area (Å²) >= 11 is 0.0122. The Morgan fingerprint density at radius 2 is 1.68 bits per heavy atom. The van der Waals surface area contributed by atoms with E-state index in [2.05, 4.69) is 45.0 Å². The van der Waals surface area contributed by atoms with Gasteiger partial charge in [-0.2, -0.15) is 0 Å². The second-order valence-electron chi connectivity index (χ2n) is 5.38. The van der Waals surface area contributed by atoms with Gasteiger partial charge in [0, 0.05) is 0 Å². The SMILES string of the molecule is CCOC(=O)C([Se]c1ccccc1)c1c(C)cc(C)cc1C. The molecule has 0 heterocycles. The molecular weight excluding hydrogens is 339 g/mol. The first-order valence-corrected chi connectivity index (χ1v) is 9.33. The number of hydrogen-bond donors (Lipinski definition) is 0. The minimum absolute atomic E-state index is 0.0122. The van der Waals surface area contributed by atoms with Crippen molar-refractivity contribution in [1.82, 2.24) is 0 Å². The van der Waals surface area contributed by atoms with Crippen LogP contribution in [0.3, 0.4) is 0 Å². The predicted molar refractivity (Wildman–Crippen MR) is 91.9 cm³/mol. The Bertz CT molecular complexity index is 627. The van der Waals surface area contributed by atoms with E-state index in [4.69, 9.17) is 4.74 Å². The van der Waals surface area contributed by atoms with Crippen LogP contribution in [0.1, 0.15) is 34.0 Å². The van der Waals surface area contributed by atoms with E-state index in [0.717, 1.165) is 5.56 Å². The second kappa shape index (κ2) is 7.62. The molecule has 0 spiro atoms. The normalized spacial score (nSPS) is 12.0. The molecule has 0 fully saturated rings. The van der Waals surface area contributed by atoms with E-state index in [9.17, 15) is 4.79 Å². The van der Waals surface area contributed by atoms with Crippen LogP contribution in [0.2, 0.25) is 0 Å². The zero-order chi connectivity index (χ0) is 16.1. The van der Waals surface area contributed by atoms with Gasteiger partial charge in [-0.3, -0.25) is 0 Å². The van der Waals surface area contributed by atoms with Crippen molar-refractivity contribution in [2.45, 2.75) is 32.5 Å². The minimum atomic E-state index is -0.185. The fourth-order valence-electron chi connectivity index (χ4n) is 2.68. The molecule has 0 aliphatic heterocycles. The van der Waals surface area contributed by atoms with Crippen LogP contribution in [0.25, 0.3) is 0 Å². The summed E-state index contributed by atoms with van der Waals surface area (Å²) < 4.78 is 6.56. The molecule has 1 unspecified atom stereocenters. The van der Waals surface area contributed by atoms with Gasteiger partial charge in [-0.25, -0.2) is 0 Å². The zero-order valence-corrected chi connectivity index (χ0v) is 15.3. The fraction of sp³-hybridized carbons (Fsp3) is 0.316. The molecule has 0 bridgehead atoms. The Morgan fingerprint density at radius 1 is 1.09 bits per heavy atom. The van der Waals surface area contributed by atoms with Crippen LogP contribution >= 0.6 is 0 Å². The van der Waals surface area contributed by atoms with E-state index >= 15 is 0 Å². The Morgan fingerprint density at radius 3 is 2.23 bits per heavy atom. The summed E-state index contributed by atoms with van der Waals surface area (Å²) in [6.45, 7) is 8.54. The number of aryl methyl sites for hydroxylation is 3. The number of hydrogen-bond acceptors (Lipinski definition) is 2. The van der Waals surface area contributed by atoms with E-state index in [-0.39, 0.29) is 25.7 Å². The van der Waals surface area contributed by atoms with Crippen molar-refractivity contribution in [3.05, 3.63) is 64.7 Å². The Kier molecular flexibility index (Phi) is 5.82. The third-order valence-corrected chi connectivity index (χ3v) is 6.03. The molecule has 0 N–H and O–H groups in total. The second-order valence-corrected chi connectivity index (χ2v) is 7.85. The number of benzene rings is 2. The van der Waals surface area contributed by atoms with Crippen molar-refractivity contribution >= 4 is 25.4 Å². The standard InChI is InChI=1S/C19H22O2Se/c1-5-21-19(20)18(22-16-9-7-6-8-10-16)17-14(3)11-13(2)12-15(17)4/h6-12,18H,5H2,1-4H3. The van der Waals surface area contributed by atoms with Crippen molar-refractivity contribution in [2.75, 3.05) is 6.61 Å². The number of esters is 1. The monoisotopic (exact) mass is 362 g/mol. The van der Waals surface area contributed by atoms with Crippen molar-refractivity contribution < 1.29 is 9.53 Å². The third kappa shape index (κ3) is 4.00. The first-order valence-electron chi connectivity index (χ1n) is 7.49. The number of ether oxygens (including phenoxy) is 1. The van der Waals surface area contributed by atoms with Gasteiger partial charge in [0.2, 0.25) is 0 Å². The van der Waals surface area contributed by atoms with Crippen LogP contribution in [0.4, 0.5) is 0 Å². The average Bonchev–Trinajstić information content (AvgIpc) is 2.46. The molecule has 2 aromatic carbocycles. The summed E-state index contributed by atoms with van der Waals surface area (Å²) in [5.74, 6) is -0.110. The van der Waals surface area contributed by atoms with E-state index in [1.807, 2.05) is 25.1 Å². The van der Waals surface area contributed by atoms with Crippen LogP contribution < -0.4 is 4.46 Å². The molecule has 3 heteroatoms. The molecule has 0 aliphatic carbocycles. The molecule has 0 aliphatic rings. The van der Waals surface area contributed by atoms with Gasteiger partial charge in [-0.1, -0.05) is 0 Å². The van der Waals surface area contributed by atoms with Gasteiger partial charge >= 0.3 is 139 Å². The molecule has 0 radical (unpaired) electrons. The molecule has 2 aromatic rings. The van der Waals surface area contributed by atoms with Gasteiger partial charge in [-0.15, -0.1) is 0 Å². The van der Waals surface area contributed by atoms with E-state index in [0.29, 0.717) is 6.61 Å². The first-order chi connectivity index (χ1) is 10.5. The summed E-state index contributed by atoms with van der Waals surface area (Å²) in [4.78, 5) is 12.3. The van der Waals surface area contributed by atoms with Gasteiger partial charge in [0.1, 0.15) is 0 Å². The van der Waals surface area contributed by atoms with Gasteiger partial charge in [-0.05, 0) is 0 Å².